The first-order valence-corrected chi connectivity index (χ1v) is 5.20. The van der Waals surface area contributed by atoms with Gasteiger partial charge in [-0.3, -0.25) is 4.79 Å². The van der Waals surface area contributed by atoms with E-state index >= 15 is 0 Å². The van der Waals surface area contributed by atoms with Crippen LogP contribution in [0.4, 0.5) is 0 Å². The molecule has 0 heterocycles. The maximum Gasteiger partial charge on any atom is 0.314 e. The SMILES string of the molecule is NC1CCC(C(=O)O)(c2ccccc2)C1. The number of hydrogen-bond acceptors (Lipinski definition) is 2. The van der Waals surface area contributed by atoms with Gasteiger partial charge in [-0.1, -0.05) is 30.3 Å². The van der Waals surface area contributed by atoms with E-state index in [-0.39, 0.29) is 6.04 Å². The summed E-state index contributed by atoms with van der Waals surface area (Å²) in [6.07, 6.45) is 1.99. The van der Waals surface area contributed by atoms with Gasteiger partial charge < -0.3 is 10.8 Å². The van der Waals surface area contributed by atoms with Gasteiger partial charge in [0.1, 0.15) is 0 Å². The molecule has 3 N–H and O–H groups in total. The van der Waals surface area contributed by atoms with Crippen molar-refractivity contribution in [1.29, 1.82) is 0 Å². The van der Waals surface area contributed by atoms with Crippen LogP contribution in [0.25, 0.3) is 0 Å². The molecule has 1 aromatic carbocycles. The highest BCUT2D eigenvalue weighted by molar-refractivity contribution is 5.82. The Morgan fingerprint density at radius 1 is 1.40 bits per heavy atom. The van der Waals surface area contributed by atoms with Crippen LogP contribution in [0, 0.1) is 0 Å². The van der Waals surface area contributed by atoms with Crippen LogP contribution in [0.3, 0.4) is 0 Å². The third-order valence-electron chi connectivity index (χ3n) is 3.29. The van der Waals surface area contributed by atoms with Gasteiger partial charge in [-0.25, -0.2) is 0 Å². The third kappa shape index (κ3) is 1.63. The molecule has 3 nitrogen and oxygen atoms in total. The largest absolute Gasteiger partial charge is 0.481 e. The first-order valence-electron chi connectivity index (χ1n) is 5.20. The molecule has 15 heavy (non-hydrogen) atoms. The number of carboxylic acid groups (broad SMARTS) is 1. The molecule has 1 aromatic rings. The standard InChI is InChI=1S/C12H15NO2/c13-10-6-7-12(8-10,11(14)15)9-4-2-1-3-5-9/h1-5,10H,6-8,13H2,(H,14,15). The minimum Gasteiger partial charge on any atom is -0.481 e. The first kappa shape index (κ1) is 10.2. The lowest BCUT2D eigenvalue weighted by molar-refractivity contribution is -0.143. The Kier molecular flexibility index (Phi) is 2.49. The van der Waals surface area contributed by atoms with Crippen molar-refractivity contribution in [1.82, 2.24) is 0 Å². The minimum atomic E-state index is -0.749. The van der Waals surface area contributed by atoms with Crippen LogP contribution in [0.5, 0.6) is 0 Å². The van der Waals surface area contributed by atoms with Gasteiger partial charge in [0.15, 0.2) is 0 Å². The van der Waals surface area contributed by atoms with Crippen molar-refractivity contribution in [3.05, 3.63) is 35.9 Å². The van der Waals surface area contributed by atoms with E-state index in [4.69, 9.17) is 5.73 Å². The van der Waals surface area contributed by atoms with Crippen molar-refractivity contribution >= 4 is 5.97 Å². The van der Waals surface area contributed by atoms with E-state index < -0.39 is 11.4 Å². The maximum absolute atomic E-state index is 11.4. The second kappa shape index (κ2) is 3.66. The molecule has 0 saturated heterocycles. The Hall–Kier alpha value is -1.35. The Balaban J connectivity index is 2.41. The van der Waals surface area contributed by atoms with Gasteiger partial charge in [0.25, 0.3) is 0 Å². The first-order chi connectivity index (χ1) is 7.15. The summed E-state index contributed by atoms with van der Waals surface area (Å²) in [6, 6.07) is 9.43. The number of benzene rings is 1. The van der Waals surface area contributed by atoms with E-state index in [0.717, 1.165) is 12.0 Å². The van der Waals surface area contributed by atoms with Gasteiger partial charge in [-0.05, 0) is 24.8 Å². The minimum absolute atomic E-state index is 0.0151. The van der Waals surface area contributed by atoms with E-state index in [9.17, 15) is 9.90 Å². The van der Waals surface area contributed by atoms with Gasteiger partial charge in [-0.15, -0.1) is 0 Å². The van der Waals surface area contributed by atoms with Crippen LogP contribution in [-0.2, 0) is 10.2 Å². The highest BCUT2D eigenvalue weighted by Crippen LogP contribution is 2.40. The predicted octanol–water partition coefficient (Wildman–Crippen LogP) is 1.52. The Morgan fingerprint density at radius 2 is 2.07 bits per heavy atom. The van der Waals surface area contributed by atoms with Crippen LogP contribution in [-0.4, -0.2) is 17.1 Å². The second-order valence-electron chi connectivity index (χ2n) is 4.26. The zero-order valence-corrected chi connectivity index (χ0v) is 8.52. The van der Waals surface area contributed by atoms with Gasteiger partial charge in [0.2, 0.25) is 0 Å². The maximum atomic E-state index is 11.4. The summed E-state index contributed by atoms with van der Waals surface area (Å²) in [6.45, 7) is 0. The average molecular weight is 205 g/mol. The Bertz CT molecular complexity index is 363. The summed E-state index contributed by atoms with van der Waals surface area (Å²) >= 11 is 0. The molecule has 1 aliphatic carbocycles. The number of nitrogens with two attached hydrogens (primary N) is 1. The van der Waals surface area contributed by atoms with Crippen LogP contribution in [0.15, 0.2) is 30.3 Å². The monoisotopic (exact) mass is 205 g/mol. The molecule has 2 atom stereocenters. The van der Waals surface area contributed by atoms with Crippen LogP contribution in [0.2, 0.25) is 0 Å². The number of aliphatic carboxylic acids is 1. The summed E-state index contributed by atoms with van der Waals surface area (Å²) in [7, 11) is 0. The van der Waals surface area contributed by atoms with Gasteiger partial charge in [0, 0.05) is 6.04 Å². The van der Waals surface area contributed by atoms with Crippen molar-refractivity contribution in [2.75, 3.05) is 0 Å². The van der Waals surface area contributed by atoms with Crippen LogP contribution < -0.4 is 5.73 Å². The lowest BCUT2D eigenvalue weighted by Gasteiger charge is -2.24. The highest BCUT2D eigenvalue weighted by Gasteiger charge is 2.45. The lowest BCUT2D eigenvalue weighted by Crippen LogP contribution is -2.34. The van der Waals surface area contributed by atoms with Crippen molar-refractivity contribution in [2.45, 2.75) is 30.7 Å². The van der Waals surface area contributed by atoms with Gasteiger partial charge in [0.05, 0.1) is 5.41 Å². The van der Waals surface area contributed by atoms with E-state index in [1.807, 2.05) is 30.3 Å². The summed E-state index contributed by atoms with van der Waals surface area (Å²) in [4.78, 5) is 11.4. The molecule has 2 rings (SSSR count). The van der Waals surface area contributed by atoms with E-state index in [0.29, 0.717) is 12.8 Å². The fraction of sp³-hybridized carbons (Fsp3) is 0.417. The van der Waals surface area contributed by atoms with Crippen LogP contribution in [0.1, 0.15) is 24.8 Å². The summed E-state index contributed by atoms with van der Waals surface area (Å²) in [5.41, 5.74) is 5.95. The number of carbonyl (C=O) groups is 1. The molecular formula is C12H15NO2. The average Bonchev–Trinajstić information content (AvgIpc) is 2.63. The molecule has 0 aliphatic heterocycles. The fourth-order valence-corrected chi connectivity index (χ4v) is 2.42. The summed E-state index contributed by atoms with van der Waals surface area (Å²) in [5, 5.41) is 9.38. The van der Waals surface area contributed by atoms with E-state index in [1.54, 1.807) is 0 Å². The topological polar surface area (TPSA) is 63.3 Å². The Morgan fingerprint density at radius 3 is 2.53 bits per heavy atom. The fourth-order valence-electron chi connectivity index (χ4n) is 2.42. The van der Waals surface area contributed by atoms with Crippen molar-refractivity contribution in [3.63, 3.8) is 0 Å². The molecule has 1 fully saturated rings. The molecule has 3 heteroatoms. The Labute approximate surface area is 88.9 Å². The molecule has 1 aliphatic rings. The molecule has 2 unspecified atom stereocenters. The lowest BCUT2D eigenvalue weighted by atomic mass is 9.79. The highest BCUT2D eigenvalue weighted by atomic mass is 16.4. The second-order valence-corrected chi connectivity index (χ2v) is 4.26. The number of carboxylic acids is 1. The van der Waals surface area contributed by atoms with Crippen molar-refractivity contribution < 1.29 is 9.90 Å². The van der Waals surface area contributed by atoms with Crippen molar-refractivity contribution in [2.24, 2.45) is 5.73 Å². The smallest absolute Gasteiger partial charge is 0.314 e. The van der Waals surface area contributed by atoms with E-state index in [1.165, 1.54) is 0 Å². The quantitative estimate of drug-likeness (QED) is 0.769. The molecule has 1 saturated carbocycles. The van der Waals surface area contributed by atoms with Gasteiger partial charge >= 0.3 is 5.97 Å². The molecule has 0 bridgehead atoms. The molecule has 0 spiro atoms. The zero-order valence-electron chi connectivity index (χ0n) is 8.52. The normalized spacial score (nSPS) is 30.3. The van der Waals surface area contributed by atoms with Crippen LogP contribution >= 0.6 is 0 Å². The van der Waals surface area contributed by atoms with Crippen molar-refractivity contribution in [3.8, 4) is 0 Å². The third-order valence-corrected chi connectivity index (χ3v) is 3.29. The number of hydrogen-bond donors (Lipinski definition) is 2. The number of rotatable bonds is 2. The molecule has 0 radical (unpaired) electrons. The predicted molar refractivity (Wildman–Crippen MR) is 57.6 cm³/mol. The van der Waals surface area contributed by atoms with E-state index in [2.05, 4.69) is 0 Å². The zero-order chi connectivity index (χ0) is 10.9. The molecular weight excluding hydrogens is 190 g/mol. The molecule has 0 amide bonds. The van der Waals surface area contributed by atoms with Gasteiger partial charge in [-0.2, -0.15) is 0 Å². The molecule has 0 aromatic heterocycles. The summed E-state index contributed by atoms with van der Waals surface area (Å²) in [5.74, 6) is -0.748. The molecule has 80 valence electrons. The summed E-state index contributed by atoms with van der Waals surface area (Å²) < 4.78 is 0.